The highest BCUT2D eigenvalue weighted by Gasteiger charge is 2.49. The zero-order valence-corrected chi connectivity index (χ0v) is 11.9. The van der Waals surface area contributed by atoms with Gasteiger partial charge in [-0.05, 0) is 39.3 Å². The lowest BCUT2D eigenvalue weighted by Crippen LogP contribution is -2.41. The molecular formula is C13H17BClNO2. The summed E-state index contributed by atoms with van der Waals surface area (Å²) in [7, 11) is -0.328. The molecule has 0 spiro atoms. The second-order valence-electron chi connectivity index (χ2n) is 5.40. The quantitative estimate of drug-likeness (QED) is 0.607. The fourth-order valence-electron chi connectivity index (χ4n) is 1.64. The van der Waals surface area contributed by atoms with Gasteiger partial charge in [-0.25, -0.2) is 4.98 Å². The molecule has 18 heavy (non-hydrogen) atoms. The molecule has 0 atom stereocenters. The van der Waals surface area contributed by atoms with E-state index in [1.165, 1.54) is 0 Å². The third-order valence-electron chi connectivity index (χ3n) is 3.47. The topological polar surface area (TPSA) is 31.4 Å². The van der Waals surface area contributed by atoms with Crippen molar-refractivity contribution in [3.8, 4) is 0 Å². The minimum atomic E-state index is -0.328. The first-order valence-corrected chi connectivity index (χ1v) is 6.33. The Kier molecular flexibility index (Phi) is 3.54. The number of hydrogen-bond donors (Lipinski definition) is 0. The Balaban J connectivity index is 2.06. The molecule has 1 saturated heterocycles. The van der Waals surface area contributed by atoms with Gasteiger partial charge >= 0.3 is 7.12 Å². The highest BCUT2D eigenvalue weighted by Crippen LogP contribution is 2.36. The van der Waals surface area contributed by atoms with Crippen LogP contribution in [-0.4, -0.2) is 23.3 Å². The maximum absolute atomic E-state index is 5.85. The molecule has 3 nitrogen and oxygen atoms in total. The predicted octanol–water partition coefficient (Wildman–Crippen LogP) is 3.38. The van der Waals surface area contributed by atoms with E-state index in [4.69, 9.17) is 20.9 Å². The summed E-state index contributed by atoms with van der Waals surface area (Å²) in [5.41, 5.74) is 0.356. The van der Waals surface area contributed by atoms with Crippen molar-refractivity contribution in [1.82, 2.24) is 4.98 Å². The minimum Gasteiger partial charge on any atom is -0.400 e. The molecule has 0 radical (unpaired) electrons. The van der Waals surface area contributed by atoms with Crippen molar-refractivity contribution in [2.45, 2.75) is 38.9 Å². The maximum Gasteiger partial charge on any atom is 0.487 e. The van der Waals surface area contributed by atoms with E-state index in [9.17, 15) is 0 Å². The molecule has 0 amide bonds. The van der Waals surface area contributed by atoms with E-state index in [1.54, 1.807) is 12.3 Å². The van der Waals surface area contributed by atoms with Gasteiger partial charge in [-0.3, -0.25) is 0 Å². The lowest BCUT2D eigenvalue weighted by molar-refractivity contribution is 0.00578. The Hall–Kier alpha value is -0.835. The molecule has 2 heterocycles. The number of halogens is 1. The lowest BCUT2D eigenvalue weighted by atomic mass is 9.89. The Morgan fingerprint density at radius 1 is 1.17 bits per heavy atom. The van der Waals surface area contributed by atoms with Crippen LogP contribution in [0, 0.1) is 0 Å². The normalized spacial score (nSPS) is 21.7. The molecule has 0 bridgehead atoms. The lowest BCUT2D eigenvalue weighted by Gasteiger charge is -2.32. The summed E-state index contributed by atoms with van der Waals surface area (Å²) in [5.74, 6) is 1.89. The van der Waals surface area contributed by atoms with Gasteiger partial charge in [0.15, 0.2) is 0 Å². The molecule has 1 aliphatic rings. The molecule has 1 aliphatic heterocycles. The van der Waals surface area contributed by atoms with Gasteiger partial charge in [0.1, 0.15) is 5.15 Å². The summed E-state index contributed by atoms with van der Waals surface area (Å²) in [6.07, 6.45) is 3.63. The van der Waals surface area contributed by atoms with Crippen molar-refractivity contribution in [3.63, 3.8) is 0 Å². The summed E-state index contributed by atoms with van der Waals surface area (Å²) in [4.78, 5) is 4.01. The number of nitrogens with zero attached hydrogens (tertiary/aromatic N) is 1. The van der Waals surface area contributed by atoms with Crippen LogP contribution in [-0.2, 0) is 9.31 Å². The van der Waals surface area contributed by atoms with Gasteiger partial charge in [0.25, 0.3) is 0 Å². The van der Waals surface area contributed by atoms with Gasteiger partial charge in [-0.2, -0.15) is 0 Å². The minimum absolute atomic E-state index is 0.305. The third kappa shape index (κ3) is 2.77. The molecule has 96 valence electrons. The zero-order valence-electron chi connectivity index (χ0n) is 11.1. The van der Waals surface area contributed by atoms with E-state index >= 15 is 0 Å². The number of pyridine rings is 1. The third-order valence-corrected chi connectivity index (χ3v) is 3.69. The molecule has 1 fully saturated rings. The number of rotatable bonds is 2. The molecule has 0 saturated carbocycles. The van der Waals surface area contributed by atoms with Crippen LogP contribution in [0.5, 0.6) is 0 Å². The SMILES string of the molecule is CC1(C)OB(/C=C\c2ccc(Cl)nc2)OC1(C)C. The second-order valence-corrected chi connectivity index (χ2v) is 5.79. The average Bonchev–Trinajstić information content (AvgIpc) is 2.47. The number of hydrogen-bond acceptors (Lipinski definition) is 3. The van der Waals surface area contributed by atoms with Gasteiger partial charge < -0.3 is 9.31 Å². The Labute approximate surface area is 113 Å². The maximum atomic E-state index is 5.85. The van der Waals surface area contributed by atoms with Crippen LogP contribution < -0.4 is 0 Å². The molecule has 0 aliphatic carbocycles. The highest BCUT2D eigenvalue weighted by molar-refractivity contribution is 6.52. The van der Waals surface area contributed by atoms with Crippen molar-refractivity contribution in [3.05, 3.63) is 35.0 Å². The van der Waals surface area contributed by atoms with Crippen LogP contribution in [0.15, 0.2) is 24.3 Å². The van der Waals surface area contributed by atoms with Gasteiger partial charge in [0.05, 0.1) is 11.2 Å². The van der Waals surface area contributed by atoms with Crippen molar-refractivity contribution < 1.29 is 9.31 Å². The summed E-state index contributed by atoms with van der Waals surface area (Å²) < 4.78 is 11.7. The standard InChI is InChI=1S/C13H17BClNO2/c1-12(2)13(3,4)18-14(17-12)8-7-10-5-6-11(15)16-9-10/h5-9H,1-4H3/b8-7-. The Morgan fingerprint density at radius 3 is 2.28 bits per heavy atom. The van der Waals surface area contributed by atoms with Crippen LogP contribution in [0.1, 0.15) is 33.3 Å². The van der Waals surface area contributed by atoms with Crippen molar-refractivity contribution >= 4 is 24.8 Å². The van der Waals surface area contributed by atoms with Crippen molar-refractivity contribution in [1.29, 1.82) is 0 Å². The van der Waals surface area contributed by atoms with Gasteiger partial charge in [-0.1, -0.05) is 29.7 Å². The van der Waals surface area contributed by atoms with Crippen molar-refractivity contribution in [2.75, 3.05) is 0 Å². The summed E-state index contributed by atoms with van der Waals surface area (Å²) in [5, 5.41) is 0.489. The Morgan fingerprint density at radius 2 is 1.78 bits per heavy atom. The fourth-order valence-corrected chi connectivity index (χ4v) is 1.75. The van der Waals surface area contributed by atoms with Crippen LogP contribution in [0.4, 0.5) is 0 Å². The average molecular weight is 266 g/mol. The first-order chi connectivity index (χ1) is 8.30. The molecule has 1 aromatic heterocycles. The molecule has 0 aromatic carbocycles. The zero-order chi connectivity index (χ0) is 13.4. The Bertz CT molecular complexity index is 441. The van der Waals surface area contributed by atoms with E-state index in [0.717, 1.165) is 5.56 Å². The van der Waals surface area contributed by atoms with Crippen LogP contribution in [0.3, 0.4) is 0 Å². The van der Waals surface area contributed by atoms with Crippen LogP contribution >= 0.6 is 11.6 Å². The van der Waals surface area contributed by atoms with Crippen LogP contribution in [0.2, 0.25) is 5.15 Å². The first kappa shape index (κ1) is 13.6. The van der Waals surface area contributed by atoms with Crippen LogP contribution in [0.25, 0.3) is 6.08 Å². The van der Waals surface area contributed by atoms with Gasteiger partial charge in [0, 0.05) is 6.20 Å². The second kappa shape index (κ2) is 4.69. The molecule has 0 unspecified atom stereocenters. The van der Waals surface area contributed by atoms with Crippen molar-refractivity contribution in [2.24, 2.45) is 0 Å². The molecular weight excluding hydrogens is 248 g/mol. The summed E-state index contributed by atoms with van der Waals surface area (Å²) >= 11 is 5.73. The van der Waals surface area contributed by atoms with Gasteiger partial charge in [0.2, 0.25) is 0 Å². The van der Waals surface area contributed by atoms with E-state index in [0.29, 0.717) is 5.15 Å². The summed E-state index contributed by atoms with van der Waals surface area (Å²) in [6.45, 7) is 8.13. The summed E-state index contributed by atoms with van der Waals surface area (Å²) in [6, 6.07) is 3.66. The van der Waals surface area contributed by atoms with E-state index in [2.05, 4.69) is 4.98 Å². The van der Waals surface area contributed by atoms with E-state index in [1.807, 2.05) is 45.8 Å². The number of aromatic nitrogens is 1. The monoisotopic (exact) mass is 265 g/mol. The van der Waals surface area contributed by atoms with E-state index in [-0.39, 0.29) is 18.3 Å². The molecule has 5 heteroatoms. The van der Waals surface area contributed by atoms with Gasteiger partial charge in [-0.15, -0.1) is 0 Å². The first-order valence-electron chi connectivity index (χ1n) is 5.96. The highest BCUT2D eigenvalue weighted by atomic mass is 35.5. The molecule has 0 N–H and O–H groups in total. The predicted molar refractivity (Wildman–Crippen MR) is 74.4 cm³/mol. The largest absolute Gasteiger partial charge is 0.487 e. The smallest absolute Gasteiger partial charge is 0.400 e. The molecule has 1 aromatic rings. The van der Waals surface area contributed by atoms with E-state index < -0.39 is 0 Å². The molecule has 2 rings (SSSR count). The fraction of sp³-hybridized carbons (Fsp3) is 0.462.